The third kappa shape index (κ3) is 2.39. The van der Waals surface area contributed by atoms with Crippen molar-refractivity contribution < 1.29 is 4.79 Å². The van der Waals surface area contributed by atoms with E-state index >= 15 is 0 Å². The lowest BCUT2D eigenvalue weighted by Gasteiger charge is -2.36. The van der Waals surface area contributed by atoms with Gasteiger partial charge in [-0.2, -0.15) is 0 Å². The molecule has 2 heterocycles. The first kappa shape index (κ1) is 15.0. The third-order valence-corrected chi connectivity index (χ3v) is 4.82. The first-order chi connectivity index (χ1) is 11.6. The lowest BCUT2D eigenvalue weighted by atomic mass is 10.0. The van der Waals surface area contributed by atoms with Gasteiger partial charge in [0.2, 0.25) is 5.91 Å². The molecule has 120 valence electrons. The zero-order valence-corrected chi connectivity index (χ0v) is 13.9. The van der Waals surface area contributed by atoms with E-state index in [1.807, 2.05) is 55.5 Å². The SMILES string of the molecule is C[C@H]1C(=O)Nc2ccccc2N1Cc1c(Cl)ccc2cccnc12. The molecule has 1 aliphatic heterocycles. The summed E-state index contributed by atoms with van der Waals surface area (Å²) in [6.45, 7) is 2.43. The predicted molar refractivity (Wildman–Crippen MR) is 97.5 cm³/mol. The van der Waals surface area contributed by atoms with Crippen molar-refractivity contribution in [3.05, 3.63) is 65.3 Å². The molecule has 24 heavy (non-hydrogen) atoms. The molecule has 1 amide bonds. The minimum Gasteiger partial charge on any atom is -0.354 e. The number of fused-ring (bicyclic) bond motifs is 2. The molecule has 4 nitrogen and oxygen atoms in total. The van der Waals surface area contributed by atoms with Crippen LogP contribution in [0.4, 0.5) is 11.4 Å². The minimum absolute atomic E-state index is 0.0157. The highest BCUT2D eigenvalue weighted by Crippen LogP contribution is 2.35. The predicted octanol–water partition coefficient (Wildman–Crippen LogP) is 4.24. The Morgan fingerprint density at radius 2 is 2.00 bits per heavy atom. The van der Waals surface area contributed by atoms with Gasteiger partial charge in [-0.1, -0.05) is 35.9 Å². The maximum absolute atomic E-state index is 12.3. The van der Waals surface area contributed by atoms with E-state index in [0.717, 1.165) is 27.8 Å². The van der Waals surface area contributed by atoms with Crippen LogP contribution in [0.25, 0.3) is 10.9 Å². The normalized spacial score (nSPS) is 16.8. The van der Waals surface area contributed by atoms with Crippen LogP contribution < -0.4 is 10.2 Å². The van der Waals surface area contributed by atoms with Crippen LogP contribution in [0.15, 0.2) is 54.7 Å². The molecule has 0 spiro atoms. The smallest absolute Gasteiger partial charge is 0.246 e. The zero-order chi connectivity index (χ0) is 16.7. The highest BCUT2D eigenvalue weighted by molar-refractivity contribution is 6.32. The number of carbonyl (C=O) groups is 1. The van der Waals surface area contributed by atoms with Crippen molar-refractivity contribution >= 4 is 39.8 Å². The summed E-state index contributed by atoms with van der Waals surface area (Å²) in [6.07, 6.45) is 1.77. The zero-order valence-electron chi connectivity index (χ0n) is 13.2. The second-order valence-electron chi connectivity index (χ2n) is 5.91. The van der Waals surface area contributed by atoms with Gasteiger partial charge >= 0.3 is 0 Å². The number of nitrogens with one attached hydrogen (secondary N) is 1. The molecule has 0 bridgehead atoms. The number of nitrogens with zero attached hydrogens (tertiary/aromatic N) is 2. The number of para-hydroxylation sites is 2. The molecule has 1 aromatic heterocycles. The molecular weight excluding hydrogens is 322 g/mol. The molecule has 5 heteroatoms. The van der Waals surface area contributed by atoms with Gasteiger partial charge in [-0.25, -0.2) is 0 Å². The Bertz CT molecular complexity index is 941. The number of amides is 1. The number of anilines is 2. The van der Waals surface area contributed by atoms with Crippen molar-refractivity contribution in [2.45, 2.75) is 19.5 Å². The second kappa shape index (κ2) is 5.80. The average Bonchev–Trinajstić information content (AvgIpc) is 2.60. The monoisotopic (exact) mass is 337 g/mol. The molecule has 3 aromatic rings. The number of rotatable bonds is 2. The Hall–Kier alpha value is -2.59. The van der Waals surface area contributed by atoms with Gasteiger partial charge in [0, 0.05) is 28.7 Å². The molecular formula is C19H16ClN3O. The van der Waals surface area contributed by atoms with Gasteiger partial charge in [-0.15, -0.1) is 0 Å². The second-order valence-corrected chi connectivity index (χ2v) is 6.32. The van der Waals surface area contributed by atoms with Crippen LogP contribution in [-0.2, 0) is 11.3 Å². The summed E-state index contributed by atoms with van der Waals surface area (Å²) in [4.78, 5) is 18.9. The van der Waals surface area contributed by atoms with Gasteiger partial charge in [0.25, 0.3) is 0 Å². The van der Waals surface area contributed by atoms with Crippen LogP contribution >= 0.6 is 11.6 Å². The molecule has 0 fully saturated rings. The lowest BCUT2D eigenvalue weighted by Crippen LogP contribution is -2.45. The first-order valence-corrected chi connectivity index (χ1v) is 8.21. The summed E-state index contributed by atoms with van der Waals surface area (Å²) in [7, 11) is 0. The lowest BCUT2D eigenvalue weighted by molar-refractivity contribution is -0.117. The number of pyridine rings is 1. The molecule has 0 saturated heterocycles. The fourth-order valence-electron chi connectivity index (χ4n) is 3.14. The van der Waals surface area contributed by atoms with Crippen LogP contribution in [-0.4, -0.2) is 16.9 Å². The molecule has 0 radical (unpaired) electrons. The van der Waals surface area contributed by atoms with Crippen molar-refractivity contribution in [3.8, 4) is 0 Å². The molecule has 1 N–H and O–H groups in total. The summed E-state index contributed by atoms with van der Waals surface area (Å²) < 4.78 is 0. The number of halogens is 1. The molecule has 4 rings (SSSR count). The largest absolute Gasteiger partial charge is 0.354 e. The van der Waals surface area contributed by atoms with E-state index in [1.165, 1.54) is 0 Å². The van der Waals surface area contributed by atoms with E-state index in [0.29, 0.717) is 11.6 Å². The van der Waals surface area contributed by atoms with E-state index in [1.54, 1.807) is 6.20 Å². The summed E-state index contributed by atoms with van der Waals surface area (Å²) in [5.41, 5.74) is 3.63. The van der Waals surface area contributed by atoms with E-state index in [9.17, 15) is 4.79 Å². The van der Waals surface area contributed by atoms with Gasteiger partial charge in [0.1, 0.15) is 6.04 Å². The Morgan fingerprint density at radius 1 is 1.17 bits per heavy atom. The number of benzene rings is 2. The van der Waals surface area contributed by atoms with E-state index in [4.69, 9.17) is 11.6 Å². The van der Waals surface area contributed by atoms with Crippen molar-refractivity contribution in [2.24, 2.45) is 0 Å². The first-order valence-electron chi connectivity index (χ1n) is 7.84. The number of hydrogen-bond acceptors (Lipinski definition) is 3. The number of aromatic nitrogens is 1. The van der Waals surface area contributed by atoms with E-state index in [2.05, 4.69) is 15.2 Å². The van der Waals surface area contributed by atoms with Crippen molar-refractivity contribution in [2.75, 3.05) is 10.2 Å². The van der Waals surface area contributed by atoms with Crippen molar-refractivity contribution in [1.29, 1.82) is 0 Å². The van der Waals surface area contributed by atoms with Crippen LogP contribution in [0.5, 0.6) is 0 Å². The van der Waals surface area contributed by atoms with E-state index < -0.39 is 0 Å². The molecule has 0 unspecified atom stereocenters. The summed E-state index contributed by atoms with van der Waals surface area (Å²) in [6, 6.07) is 15.3. The summed E-state index contributed by atoms with van der Waals surface area (Å²) in [5, 5.41) is 4.65. The standard InChI is InChI=1S/C19H16ClN3O/c1-12-19(24)22-16-6-2-3-7-17(16)23(12)11-14-15(20)9-8-13-5-4-10-21-18(13)14/h2-10,12H,11H2,1H3,(H,22,24)/t12-/m0/s1. The van der Waals surface area contributed by atoms with Crippen molar-refractivity contribution in [3.63, 3.8) is 0 Å². The highest BCUT2D eigenvalue weighted by atomic mass is 35.5. The fraction of sp³-hybridized carbons (Fsp3) is 0.158. The molecule has 1 atom stereocenters. The Kier molecular flexibility index (Phi) is 3.62. The number of carbonyl (C=O) groups excluding carboxylic acids is 1. The number of hydrogen-bond donors (Lipinski definition) is 1. The maximum Gasteiger partial charge on any atom is 0.246 e. The molecule has 0 aliphatic carbocycles. The van der Waals surface area contributed by atoms with Gasteiger partial charge in [0.05, 0.1) is 16.9 Å². The highest BCUT2D eigenvalue weighted by Gasteiger charge is 2.30. The quantitative estimate of drug-likeness (QED) is 0.761. The Morgan fingerprint density at radius 3 is 2.88 bits per heavy atom. The van der Waals surface area contributed by atoms with Crippen LogP contribution in [0.1, 0.15) is 12.5 Å². The van der Waals surface area contributed by atoms with Crippen LogP contribution in [0.2, 0.25) is 5.02 Å². The van der Waals surface area contributed by atoms with Gasteiger partial charge in [0.15, 0.2) is 0 Å². The maximum atomic E-state index is 12.3. The fourth-order valence-corrected chi connectivity index (χ4v) is 3.35. The van der Waals surface area contributed by atoms with Gasteiger partial charge in [-0.05, 0) is 31.2 Å². The van der Waals surface area contributed by atoms with Crippen molar-refractivity contribution in [1.82, 2.24) is 4.98 Å². The Balaban J connectivity index is 1.83. The van der Waals surface area contributed by atoms with Gasteiger partial charge < -0.3 is 10.2 Å². The molecule has 2 aromatic carbocycles. The topological polar surface area (TPSA) is 45.2 Å². The summed E-state index contributed by atoms with van der Waals surface area (Å²) in [5.74, 6) is -0.0157. The van der Waals surface area contributed by atoms with Gasteiger partial charge in [-0.3, -0.25) is 9.78 Å². The van der Waals surface area contributed by atoms with Crippen LogP contribution in [0.3, 0.4) is 0 Å². The molecule has 1 aliphatic rings. The average molecular weight is 338 g/mol. The summed E-state index contributed by atoms with van der Waals surface area (Å²) >= 11 is 6.47. The third-order valence-electron chi connectivity index (χ3n) is 4.47. The Labute approximate surface area is 145 Å². The van der Waals surface area contributed by atoms with E-state index in [-0.39, 0.29) is 11.9 Å². The van der Waals surface area contributed by atoms with Crippen LogP contribution in [0, 0.1) is 0 Å². The molecule has 0 saturated carbocycles. The minimum atomic E-state index is -0.282.